The highest BCUT2D eigenvalue weighted by Crippen LogP contribution is 2.32. The van der Waals surface area contributed by atoms with E-state index < -0.39 is 10.1 Å². The number of hydrogen-bond donors (Lipinski definition) is 0. The molecule has 0 saturated carbocycles. The van der Waals surface area contributed by atoms with Crippen LogP contribution in [0.25, 0.3) is 16.6 Å². The quantitative estimate of drug-likeness (QED) is 0.480. The highest BCUT2D eigenvalue weighted by molar-refractivity contribution is 7.85. The predicted molar refractivity (Wildman–Crippen MR) is 94.5 cm³/mol. The lowest BCUT2D eigenvalue weighted by Crippen LogP contribution is -2.11. The number of benzene rings is 2. The van der Waals surface area contributed by atoms with E-state index in [1.807, 2.05) is 10.6 Å². The fourth-order valence-corrected chi connectivity index (χ4v) is 2.97. The molecule has 3 aromatic rings. The van der Waals surface area contributed by atoms with Crippen LogP contribution in [0.15, 0.2) is 48.7 Å². The Kier molecular flexibility index (Phi) is 4.99. The van der Waals surface area contributed by atoms with Crippen molar-refractivity contribution in [2.45, 2.75) is 0 Å². The third-order valence-corrected chi connectivity index (χ3v) is 4.30. The second-order valence-electron chi connectivity index (χ2n) is 5.38. The maximum Gasteiger partial charge on any atom is 0.264 e. The largest absolute Gasteiger partial charge is 0.489 e. The number of ether oxygens (including phenoxy) is 1. The summed E-state index contributed by atoms with van der Waals surface area (Å²) in [6.07, 6.45) is 2.73. The van der Waals surface area contributed by atoms with E-state index in [9.17, 15) is 12.8 Å². The number of rotatable bonds is 6. The van der Waals surface area contributed by atoms with Gasteiger partial charge >= 0.3 is 0 Å². The molecule has 0 aliphatic carbocycles. The molecule has 0 aliphatic heterocycles. The molecule has 0 bridgehead atoms. The van der Waals surface area contributed by atoms with E-state index >= 15 is 0 Å². The number of nitrogens with zero attached hydrogens (tertiary/aromatic N) is 1. The molecule has 8 heteroatoms. The summed E-state index contributed by atoms with van der Waals surface area (Å²) >= 11 is 6.09. The highest BCUT2D eigenvalue weighted by atomic mass is 35.5. The zero-order valence-electron chi connectivity index (χ0n) is 13.3. The summed E-state index contributed by atoms with van der Waals surface area (Å²) in [5.41, 5.74) is 1.54. The molecule has 0 fully saturated rings. The smallest absolute Gasteiger partial charge is 0.264 e. The molecule has 1 aromatic heterocycles. The average Bonchev–Trinajstić information content (AvgIpc) is 2.89. The summed E-state index contributed by atoms with van der Waals surface area (Å²) in [5, 5.41) is 1.36. The molecular formula is C17H15ClFNO4S. The Labute approximate surface area is 149 Å². The van der Waals surface area contributed by atoms with Gasteiger partial charge in [-0.2, -0.15) is 8.42 Å². The van der Waals surface area contributed by atoms with Gasteiger partial charge in [0.15, 0.2) is 0 Å². The molecule has 0 spiro atoms. The van der Waals surface area contributed by atoms with E-state index in [1.165, 1.54) is 12.1 Å². The van der Waals surface area contributed by atoms with E-state index in [1.54, 1.807) is 30.5 Å². The second-order valence-corrected chi connectivity index (χ2v) is 7.46. The minimum Gasteiger partial charge on any atom is -0.489 e. The van der Waals surface area contributed by atoms with Crippen LogP contribution in [0.2, 0.25) is 5.02 Å². The van der Waals surface area contributed by atoms with Crippen molar-refractivity contribution in [1.82, 2.24) is 4.57 Å². The summed E-state index contributed by atoms with van der Waals surface area (Å²) in [7, 11) is -3.51. The molecule has 0 saturated heterocycles. The van der Waals surface area contributed by atoms with Crippen molar-refractivity contribution in [3.63, 3.8) is 0 Å². The van der Waals surface area contributed by atoms with Crippen molar-refractivity contribution in [3.05, 3.63) is 59.5 Å². The fourth-order valence-electron chi connectivity index (χ4n) is 2.44. The zero-order chi connectivity index (χ0) is 18.0. The summed E-state index contributed by atoms with van der Waals surface area (Å²) in [6.45, 7) is -0.0200. The Balaban J connectivity index is 1.92. The first-order valence-electron chi connectivity index (χ1n) is 7.37. The van der Waals surface area contributed by atoms with Crippen molar-refractivity contribution in [2.24, 2.45) is 0 Å². The van der Waals surface area contributed by atoms with Gasteiger partial charge in [0.25, 0.3) is 10.1 Å². The maximum atomic E-state index is 13.2. The lowest BCUT2D eigenvalue weighted by atomic mass is 10.2. The van der Waals surface area contributed by atoms with Gasteiger partial charge in [-0.1, -0.05) is 11.6 Å². The third kappa shape index (κ3) is 4.31. The van der Waals surface area contributed by atoms with E-state index in [0.717, 1.165) is 22.8 Å². The topological polar surface area (TPSA) is 57.5 Å². The Bertz CT molecular complexity index is 999. The average molecular weight is 384 g/mol. The van der Waals surface area contributed by atoms with Crippen LogP contribution in [0.5, 0.6) is 5.75 Å². The Morgan fingerprint density at radius 3 is 2.52 bits per heavy atom. The molecule has 132 valence electrons. The van der Waals surface area contributed by atoms with Gasteiger partial charge < -0.3 is 9.30 Å². The van der Waals surface area contributed by atoms with Gasteiger partial charge in [0, 0.05) is 16.1 Å². The van der Waals surface area contributed by atoms with Gasteiger partial charge in [0.2, 0.25) is 0 Å². The van der Waals surface area contributed by atoms with E-state index in [2.05, 4.69) is 4.18 Å². The number of aromatic nitrogens is 1. The summed E-state index contributed by atoms with van der Waals surface area (Å²) in [4.78, 5) is 0. The van der Waals surface area contributed by atoms with E-state index in [4.69, 9.17) is 16.3 Å². The van der Waals surface area contributed by atoms with Crippen LogP contribution >= 0.6 is 11.6 Å². The normalized spacial score (nSPS) is 11.8. The van der Waals surface area contributed by atoms with Crippen LogP contribution in [0.3, 0.4) is 0 Å². The first kappa shape index (κ1) is 17.7. The lowest BCUT2D eigenvalue weighted by molar-refractivity contribution is 0.224. The van der Waals surface area contributed by atoms with Crippen molar-refractivity contribution < 1.29 is 21.7 Å². The lowest BCUT2D eigenvalue weighted by Gasteiger charge is -2.05. The van der Waals surface area contributed by atoms with Crippen LogP contribution in [-0.2, 0) is 14.3 Å². The second kappa shape index (κ2) is 7.03. The standard InChI is InChI=1S/C17H15ClFNO4S/c1-25(21,22)24-9-8-23-17-11-20(14-5-3-13(19)4-6-14)16-10-12(18)2-7-15(16)17/h2-7,10-11H,8-9H2,1H3. The molecule has 2 aromatic carbocycles. The van der Waals surface area contributed by atoms with Gasteiger partial charge in [-0.25, -0.2) is 4.39 Å². The molecule has 0 unspecified atom stereocenters. The van der Waals surface area contributed by atoms with Crippen molar-refractivity contribution in [1.29, 1.82) is 0 Å². The number of hydrogen-bond acceptors (Lipinski definition) is 4. The van der Waals surface area contributed by atoms with Crippen molar-refractivity contribution in [3.8, 4) is 11.4 Å². The Hall–Kier alpha value is -2.09. The minimum absolute atomic E-state index is 0.0677. The van der Waals surface area contributed by atoms with Gasteiger partial charge in [-0.05, 0) is 42.5 Å². The molecule has 0 radical (unpaired) electrons. The van der Waals surface area contributed by atoms with Gasteiger partial charge in [0.1, 0.15) is 24.8 Å². The molecular weight excluding hydrogens is 369 g/mol. The van der Waals surface area contributed by atoms with Crippen LogP contribution in [0.1, 0.15) is 0 Å². The molecule has 1 heterocycles. The van der Waals surface area contributed by atoms with E-state index in [0.29, 0.717) is 10.8 Å². The van der Waals surface area contributed by atoms with E-state index in [-0.39, 0.29) is 19.0 Å². The van der Waals surface area contributed by atoms with Crippen LogP contribution < -0.4 is 4.74 Å². The Morgan fingerprint density at radius 2 is 1.84 bits per heavy atom. The molecule has 25 heavy (non-hydrogen) atoms. The van der Waals surface area contributed by atoms with Crippen LogP contribution in [0.4, 0.5) is 4.39 Å². The molecule has 0 amide bonds. The molecule has 0 atom stereocenters. The summed E-state index contributed by atoms with van der Waals surface area (Å²) in [6, 6.07) is 11.3. The highest BCUT2D eigenvalue weighted by Gasteiger charge is 2.12. The fraction of sp³-hybridized carbons (Fsp3) is 0.176. The monoisotopic (exact) mass is 383 g/mol. The van der Waals surface area contributed by atoms with Crippen LogP contribution in [-0.4, -0.2) is 32.5 Å². The molecule has 5 nitrogen and oxygen atoms in total. The van der Waals surface area contributed by atoms with Gasteiger partial charge in [-0.15, -0.1) is 0 Å². The summed E-state index contributed by atoms with van der Waals surface area (Å²) < 4.78 is 47.3. The number of halogens is 2. The zero-order valence-corrected chi connectivity index (χ0v) is 14.8. The van der Waals surface area contributed by atoms with Gasteiger partial charge in [-0.3, -0.25) is 4.18 Å². The van der Waals surface area contributed by atoms with Crippen LogP contribution in [0, 0.1) is 5.82 Å². The third-order valence-electron chi connectivity index (χ3n) is 3.47. The molecule has 0 N–H and O–H groups in total. The first-order chi connectivity index (χ1) is 11.8. The maximum absolute atomic E-state index is 13.2. The minimum atomic E-state index is -3.51. The molecule has 3 rings (SSSR count). The van der Waals surface area contributed by atoms with Gasteiger partial charge in [0.05, 0.1) is 18.0 Å². The number of fused-ring (bicyclic) bond motifs is 1. The van der Waals surface area contributed by atoms with Crippen molar-refractivity contribution >= 4 is 32.6 Å². The SMILES string of the molecule is CS(=O)(=O)OCCOc1cn(-c2ccc(F)cc2)c2cc(Cl)ccc12. The molecule has 0 aliphatic rings. The first-order valence-corrected chi connectivity index (χ1v) is 9.57. The summed E-state index contributed by atoms with van der Waals surface area (Å²) in [5.74, 6) is 0.223. The predicted octanol–water partition coefficient (Wildman–Crippen LogP) is 3.78. The van der Waals surface area contributed by atoms with Crippen molar-refractivity contribution in [2.75, 3.05) is 19.5 Å². The Morgan fingerprint density at radius 1 is 1.12 bits per heavy atom.